The highest BCUT2D eigenvalue weighted by molar-refractivity contribution is 7.89. The quantitative estimate of drug-likeness (QED) is 0.742. The number of ether oxygens (including phenoxy) is 2. The van der Waals surface area contributed by atoms with Crippen LogP contribution < -0.4 is 14.8 Å². The summed E-state index contributed by atoms with van der Waals surface area (Å²) >= 11 is 0. The van der Waals surface area contributed by atoms with Gasteiger partial charge in [0.2, 0.25) is 10.0 Å². The number of rotatable bonds is 8. The molecule has 0 bridgehead atoms. The van der Waals surface area contributed by atoms with Crippen molar-refractivity contribution in [3.8, 4) is 11.5 Å². The van der Waals surface area contributed by atoms with Crippen molar-refractivity contribution >= 4 is 15.9 Å². The number of hydrogen-bond acceptors (Lipinski definition) is 5. The van der Waals surface area contributed by atoms with Gasteiger partial charge in [-0.1, -0.05) is 12.1 Å². The van der Waals surface area contributed by atoms with Gasteiger partial charge < -0.3 is 14.8 Å². The van der Waals surface area contributed by atoms with E-state index < -0.39 is 10.0 Å². The van der Waals surface area contributed by atoms with E-state index in [0.717, 1.165) is 15.6 Å². The maximum atomic E-state index is 12.4. The van der Waals surface area contributed by atoms with Crippen LogP contribution in [0.15, 0.2) is 47.4 Å². The first-order chi connectivity index (χ1) is 12.8. The third-order valence-electron chi connectivity index (χ3n) is 4.04. The molecule has 2 aromatic carbocycles. The number of benzene rings is 2. The molecule has 0 aliphatic heterocycles. The Labute approximate surface area is 160 Å². The second-order valence-corrected chi connectivity index (χ2v) is 8.13. The Hall–Kier alpha value is -2.58. The molecular formula is C19H24N2O5S. The summed E-state index contributed by atoms with van der Waals surface area (Å²) in [5.74, 6) is 0.621. The van der Waals surface area contributed by atoms with Crippen molar-refractivity contribution in [2.45, 2.75) is 11.3 Å². The molecule has 8 heteroatoms. The number of hydrogen-bond donors (Lipinski definition) is 1. The molecule has 1 N–H and O–H groups in total. The molecule has 0 fully saturated rings. The first-order valence-corrected chi connectivity index (χ1v) is 9.75. The van der Waals surface area contributed by atoms with E-state index in [9.17, 15) is 13.2 Å². The number of methoxy groups -OCH3 is 2. The lowest BCUT2D eigenvalue weighted by molar-refractivity contribution is 0.0954. The second-order valence-electron chi connectivity index (χ2n) is 6.01. The predicted octanol–water partition coefficient (Wildman–Crippen LogP) is 1.93. The SMILES string of the molecule is COc1ccc(CCNC(=O)c2ccc(OC)c(S(=O)(=O)N(C)C)c2)cc1. The minimum atomic E-state index is -3.73. The first kappa shape index (κ1) is 20.7. The van der Waals surface area contributed by atoms with Gasteiger partial charge in [0, 0.05) is 26.2 Å². The fraction of sp³-hybridized carbons (Fsp3) is 0.316. The summed E-state index contributed by atoms with van der Waals surface area (Å²) in [5, 5.41) is 2.80. The van der Waals surface area contributed by atoms with E-state index in [1.807, 2.05) is 24.3 Å². The van der Waals surface area contributed by atoms with Gasteiger partial charge >= 0.3 is 0 Å². The van der Waals surface area contributed by atoms with E-state index in [0.29, 0.717) is 13.0 Å². The van der Waals surface area contributed by atoms with E-state index in [2.05, 4.69) is 5.32 Å². The Kier molecular flexibility index (Phi) is 6.81. The Bertz CT molecular complexity index is 893. The molecule has 0 aliphatic carbocycles. The van der Waals surface area contributed by atoms with Crippen molar-refractivity contribution < 1.29 is 22.7 Å². The molecule has 27 heavy (non-hydrogen) atoms. The molecule has 0 saturated heterocycles. The van der Waals surface area contributed by atoms with Crippen molar-refractivity contribution in [2.75, 3.05) is 34.9 Å². The number of amides is 1. The van der Waals surface area contributed by atoms with Crippen LogP contribution in [0.1, 0.15) is 15.9 Å². The molecule has 2 aromatic rings. The molecule has 0 heterocycles. The number of nitrogens with zero attached hydrogens (tertiary/aromatic N) is 1. The zero-order valence-electron chi connectivity index (χ0n) is 15.9. The molecule has 0 radical (unpaired) electrons. The van der Waals surface area contributed by atoms with Gasteiger partial charge in [-0.05, 0) is 42.3 Å². The number of carbonyl (C=O) groups is 1. The lowest BCUT2D eigenvalue weighted by Crippen LogP contribution is -2.27. The van der Waals surface area contributed by atoms with Crippen LogP contribution in [-0.4, -0.2) is 53.5 Å². The zero-order valence-corrected chi connectivity index (χ0v) is 16.7. The molecule has 146 valence electrons. The largest absolute Gasteiger partial charge is 0.497 e. The van der Waals surface area contributed by atoms with E-state index in [-0.39, 0.29) is 22.1 Å². The third-order valence-corrected chi connectivity index (χ3v) is 5.88. The second kappa shape index (κ2) is 8.88. The van der Waals surface area contributed by atoms with Crippen molar-refractivity contribution in [3.63, 3.8) is 0 Å². The third kappa shape index (κ3) is 4.99. The predicted molar refractivity (Wildman–Crippen MR) is 103 cm³/mol. The summed E-state index contributed by atoms with van der Waals surface area (Å²) < 4.78 is 36.2. The summed E-state index contributed by atoms with van der Waals surface area (Å²) in [6, 6.07) is 11.9. The van der Waals surface area contributed by atoms with Crippen LogP contribution in [0.3, 0.4) is 0 Å². The van der Waals surface area contributed by atoms with Gasteiger partial charge in [-0.2, -0.15) is 0 Å². The summed E-state index contributed by atoms with van der Waals surface area (Å²) in [5.41, 5.74) is 1.31. The van der Waals surface area contributed by atoms with Crippen LogP contribution in [0.4, 0.5) is 0 Å². The van der Waals surface area contributed by atoms with Gasteiger partial charge in [-0.25, -0.2) is 12.7 Å². The summed E-state index contributed by atoms with van der Waals surface area (Å²) in [4.78, 5) is 12.4. The molecular weight excluding hydrogens is 368 g/mol. The Morgan fingerprint density at radius 3 is 2.26 bits per heavy atom. The summed E-state index contributed by atoms with van der Waals surface area (Å²) in [7, 11) is 2.12. The topological polar surface area (TPSA) is 84.9 Å². The van der Waals surface area contributed by atoms with Gasteiger partial charge in [0.15, 0.2) is 0 Å². The number of nitrogens with one attached hydrogen (secondary N) is 1. The number of sulfonamides is 1. The van der Waals surface area contributed by atoms with Crippen molar-refractivity contribution in [1.29, 1.82) is 0 Å². The molecule has 0 unspecified atom stereocenters. The number of carbonyl (C=O) groups excluding carboxylic acids is 1. The van der Waals surface area contributed by atoms with Crippen LogP contribution in [-0.2, 0) is 16.4 Å². The molecule has 0 saturated carbocycles. The molecule has 1 amide bonds. The Morgan fingerprint density at radius 2 is 1.70 bits per heavy atom. The maximum Gasteiger partial charge on any atom is 0.251 e. The first-order valence-electron chi connectivity index (χ1n) is 8.31. The van der Waals surface area contributed by atoms with E-state index in [4.69, 9.17) is 9.47 Å². The molecule has 0 atom stereocenters. The minimum Gasteiger partial charge on any atom is -0.497 e. The summed E-state index contributed by atoms with van der Waals surface area (Å²) in [6.45, 7) is 0.424. The average molecular weight is 392 g/mol. The molecule has 0 aliphatic rings. The van der Waals surface area contributed by atoms with Crippen molar-refractivity contribution in [2.24, 2.45) is 0 Å². The van der Waals surface area contributed by atoms with E-state index in [1.165, 1.54) is 39.4 Å². The molecule has 7 nitrogen and oxygen atoms in total. The van der Waals surface area contributed by atoms with Crippen molar-refractivity contribution in [1.82, 2.24) is 9.62 Å². The Morgan fingerprint density at radius 1 is 1.04 bits per heavy atom. The Balaban J connectivity index is 2.09. The lowest BCUT2D eigenvalue weighted by atomic mass is 10.1. The van der Waals surface area contributed by atoms with Gasteiger partial charge in [0.1, 0.15) is 16.4 Å². The van der Waals surface area contributed by atoms with Crippen LogP contribution in [0, 0.1) is 0 Å². The smallest absolute Gasteiger partial charge is 0.251 e. The van der Waals surface area contributed by atoms with Crippen LogP contribution >= 0.6 is 0 Å². The van der Waals surface area contributed by atoms with Crippen LogP contribution in [0.5, 0.6) is 11.5 Å². The van der Waals surface area contributed by atoms with Crippen LogP contribution in [0.2, 0.25) is 0 Å². The fourth-order valence-corrected chi connectivity index (χ4v) is 3.51. The van der Waals surface area contributed by atoms with E-state index in [1.54, 1.807) is 7.11 Å². The maximum absolute atomic E-state index is 12.4. The normalized spacial score (nSPS) is 11.3. The highest BCUT2D eigenvalue weighted by Gasteiger charge is 2.23. The summed E-state index contributed by atoms with van der Waals surface area (Å²) in [6.07, 6.45) is 0.648. The molecule has 0 spiro atoms. The molecule has 0 aromatic heterocycles. The highest BCUT2D eigenvalue weighted by Crippen LogP contribution is 2.26. The standard InChI is InChI=1S/C19H24N2O5S/c1-21(2)27(23,24)18-13-15(7-10-17(18)26-4)19(22)20-12-11-14-5-8-16(25-3)9-6-14/h5-10,13H,11-12H2,1-4H3,(H,20,22). The lowest BCUT2D eigenvalue weighted by Gasteiger charge is -2.15. The van der Waals surface area contributed by atoms with Gasteiger partial charge in [0.25, 0.3) is 5.91 Å². The van der Waals surface area contributed by atoms with Crippen molar-refractivity contribution in [3.05, 3.63) is 53.6 Å². The fourth-order valence-electron chi connectivity index (χ4n) is 2.43. The highest BCUT2D eigenvalue weighted by atomic mass is 32.2. The van der Waals surface area contributed by atoms with Gasteiger partial charge in [0.05, 0.1) is 14.2 Å². The van der Waals surface area contributed by atoms with Gasteiger partial charge in [-0.15, -0.1) is 0 Å². The van der Waals surface area contributed by atoms with Gasteiger partial charge in [-0.3, -0.25) is 4.79 Å². The average Bonchev–Trinajstić information content (AvgIpc) is 2.67. The van der Waals surface area contributed by atoms with E-state index >= 15 is 0 Å². The molecule has 2 rings (SSSR count). The minimum absolute atomic E-state index is 0.0437. The monoisotopic (exact) mass is 392 g/mol. The zero-order chi connectivity index (χ0) is 20.0. The van der Waals surface area contributed by atoms with Crippen LogP contribution in [0.25, 0.3) is 0 Å².